The molecule has 2 fully saturated rings. The molecule has 0 bridgehead atoms. The third kappa shape index (κ3) is 4.69. The molecular weight excluding hydrogens is 332 g/mol. The van der Waals surface area contributed by atoms with Gasteiger partial charge in [0, 0.05) is 36.4 Å². The molecule has 1 aromatic rings. The van der Waals surface area contributed by atoms with Gasteiger partial charge in [-0.25, -0.2) is 0 Å². The molecule has 0 spiro atoms. The van der Waals surface area contributed by atoms with Crippen molar-refractivity contribution >= 4 is 23.7 Å². The largest absolute Gasteiger partial charge is 0.371 e. The van der Waals surface area contributed by atoms with Crippen molar-refractivity contribution < 1.29 is 4.79 Å². The highest BCUT2D eigenvalue weighted by Gasteiger charge is 2.24. The quantitative estimate of drug-likeness (QED) is 0.661. The van der Waals surface area contributed by atoms with Crippen molar-refractivity contribution in [1.29, 1.82) is 0 Å². The third-order valence-electron chi connectivity index (χ3n) is 6.07. The van der Waals surface area contributed by atoms with Gasteiger partial charge in [0.2, 0.25) is 6.41 Å². The van der Waals surface area contributed by atoms with Crippen molar-refractivity contribution in [3.63, 3.8) is 0 Å². The maximum atomic E-state index is 11.5. The molecule has 1 amide bonds. The second kappa shape index (κ2) is 8.93. The molecule has 1 heterocycles. The van der Waals surface area contributed by atoms with Gasteiger partial charge >= 0.3 is 0 Å². The van der Waals surface area contributed by atoms with Gasteiger partial charge in [-0.05, 0) is 62.6 Å². The number of halogens is 1. The van der Waals surface area contributed by atoms with Crippen LogP contribution < -0.4 is 4.90 Å². The van der Waals surface area contributed by atoms with Gasteiger partial charge in [-0.3, -0.25) is 4.79 Å². The molecule has 1 saturated carbocycles. The lowest BCUT2D eigenvalue weighted by Gasteiger charge is -2.37. The summed E-state index contributed by atoms with van der Waals surface area (Å²) in [6.07, 6.45) is 11.0. The summed E-state index contributed by atoms with van der Waals surface area (Å²) < 4.78 is 0. The lowest BCUT2D eigenvalue weighted by molar-refractivity contribution is -0.121. The number of nitrogens with zero attached hydrogens (tertiary/aromatic N) is 2. The first-order valence-corrected chi connectivity index (χ1v) is 10.3. The van der Waals surface area contributed by atoms with E-state index < -0.39 is 0 Å². The van der Waals surface area contributed by atoms with Crippen LogP contribution >= 0.6 is 11.6 Å². The minimum absolute atomic E-state index is 0.487. The van der Waals surface area contributed by atoms with Crippen molar-refractivity contribution in [1.82, 2.24) is 4.90 Å². The predicted molar refractivity (Wildman–Crippen MR) is 105 cm³/mol. The summed E-state index contributed by atoms with van der Waals surface area (Å²) in [5.74, 6) is 0.665. The molecule has 3 nitrogen and oxygen atoms in total. The summed E-state index contributed by atoms with van der Waals surface area (Å²) >= 11 is 6.30. The van der Waals surface area contributed by atoms with E-state index in [4.69, 9.17) is 11.6 Å². The Kier molecular flexibility index (Phi) is 6.63. The molecular formula is C21H31ClN2O. The monoisotopic (exact) mass is 362 g/mol. The molecule has 0 aromatic heterocycles. The summed E-state index contributed by atoms with van der Waals surface area (Å²) in [6, 6.07) is 6.68. The maximum Gasteiger partial charge on any atom is 0.209 e. The SMILES string of the molecule is Cc1c(Cl)cccc1N1CCCC(CCN(C=O)C2CCCCC2)C1. The molecule has 4 heteroatoms. The van der Waals surface area contributed by atoms with Crippen LogP contribution in [0.5, 0.6) is 0 Å². The molecule has 1 atom stereocenters. The molecule has 1 unspecified atom stereocenters. The van der Waals surface area contributed by atoms with E-state index in [-0.39, 0.29) is 0 Å². The van der Waals surface area contributed by atoms with Crippen LogP contribution in [-0.2, 0) is 4.79 Å². The summed E-state index contributed by atoms with van der Waals surface area (Å²) in [5, 5.41) is 0.851. The Labute approximate surface area is 157 Å². The van der Waals surface area contributed by atoms with E-state index in [9.17, 15) is 4.79 Å². The Morgan fingerprint density at radius 2 is 2.00 bits per heavy atom. The van der Waals surface area contributed by atoms with Crippen molar-refractivity contribution in [2.45, 2.75) is 64.3 Å². The number of carbonyl (C=O) groups is 1. The van der Waals surface area contributed by atoms with Gasteiger partial charge in [0.25, 0.3) is 0 Å². The van der Waals surface area contributed by atoms with Gasteiger partial charge in [0.05, 0.1) is 0 Å². The third-order valence-corrected chi connectivity index (χ3v) is 6.48. The second-order valence-corrected chi connectivity index (χ2v) is 8.17. The highest BCUT2D eigenvalue weighted by molar-refractivity contribution is 6.31. The number of carbonyl (C=O) groups excluding carboxylic acids is 1. The number of hydrogen-bond donors (Lipinski definition) is 0. The normalized spacial score (nSPS) is 22.0. The highest BCUT2D eigenvalue weighted by atomic mass is 35.5. The predicted octanol–water partition coefficient (Wildman–Crippen LogP) is 5.05. The van der Waals surface area contributed by atoms with Crippen molar-refractivity contribution in [2.24, 2.45) is 5.92 Å². The second-order valence-electron chi connectivity index (χ2n) is 7.76. The Bertz CT molecular complexity index is 571. The van der Waals surface area contributed by atoms with Gasteiger partial charge in [-0.1, -0.05) is 36.9 Å². The summed E-state index contributed by atoms with van der Waals surface area (Å²) in [5.41, 5.74) is 2.46. The van der Waals surface area contributed by atoms with Crippen molar-refractivity contribution in [3.05, 3.63) is 28.8 Å². The zero-order valence-electron chi connectivity index (χ0n) is 15.4. The van der Waals surface area contributed by atoms with Crippen LogP contribution in [0, 0.1) is 12.8 Å². The summed E-state index contributed by atoms with van der Waals surface area (Å²) in [4.78, 5) is 16.1. The smallest absolute Gasteiger partial charge is 0.209 e. The maximum absolute atomic E-state index is 11.5. The number of hydrogen-bond acceptors (Lipinski definition) is 2. The minimum atomic E-state index is 0.487. The van der Waals surface area contributed by atoms with E-state index in [0.717, 1.165) is 37.5 Å². The average molecular weight is 363 g/mol. The number of amides is 1. The zero-order chi connectivity index (χ0) is 17.6. The molecule has 1 aromatic carbocycles. The molecule has 0 N–H and O–H groups in total. The van der Waals surface area contributed by atoms with Crippen molar-refractivity contribution in [3.8, 4) is 0 Å². The highest BCUT2D eigenvalue weighted by Crippen LogP contribution is 2.31. The Hall–Kier alpha value is -1.22. The molecule has 138 valence electrons. The van der Waals surface area contributed by atoms with Crippen LogP contribution in [-0.4, -0.2) is 37.0 Å². The zero-order valence-corrected chi connectivity index (χ0v) is 16.2. The number of rotatable bonds is 6. The Morgan fingerprint density at radius 3 is 2.76 bits per heavy atom. The Balaban J connectivity index is 1.56. The number of benzene rings is 1. The number of piperidine rings is 1. The summed E-state index contributed by atoms with van der Waals surface area (Å²) in [6.45, 7) is 5.22. The first kappa shape index (κ1) is 18.6. The van der Waals surface area contributed by atoms with Crippen LogP contribution in [0.3, 0.4) is 0 Å². The summed E-state index contributed by atoms with van der Waals surface area (Å²) in [7, 11) is 0. The van der Waals surface area contributed by atoms with Gasteiger partial charge < -0.3 is 9.80 Å². The minimum Gasteiger partial charge on any atom is -0.371 e. The first-order chi connectivity index (χ1) is 12.2. The van der Waals surface area contributed by atoms with E-state index >= 15 is 0 Å². The van der Waals surface area contributed by atoms with E-state index in [1.807, 2.05) is 12.1 Å². The molecule has 2 aliphatic rings. The standard InChI is InChI=1S/C21H31ClN2O/c1-17-20(22)10-5-11-21(17)23-13-6-7-18(15-23)12-14-24(16-25)19-8-3-2-4-9-19/h5,10-11,16,18-19H,2-4,6-9,12-15H2,1H3. The molecule has 1 saturated heterocycles. The lowest BCUT2D eigenvalue weighted by atomic mass is 9.91. The van der Waals surface area contributed by atoms with Gasteiger partial charge in [-0.15, -0.1) is 0 Å². The molecule has 1 aliphatic carbocycles. The van der Waals surface area contributed by atoms with E-state index in [1.165, 1.54) is 56.2 Å². The fourth-order valence-corrected chi connectivity index (χ4v) is 4.69. The number of anilines is 1. The lowest BCUT2D eigenvalue weighted by Crippen LogP contribution is -2.40. The van der Waals surface area contributed by atoms with E-state index in [1.54, 1.807) is 0 Å². The van der Waals surface area contributed by atoms with E-state index in [0.29, 0.717) is 12.0 Å². The first-order valence-electron chi connectivity index (χ1n) is 9.90. The van der Waals surface area contributed by atoms with Crippen LogP contribution in [0.4, 0.5) is 5.69 Å². The van der Waals surface area contributed by atoms with Crippen LogP contribution in [0.15, 0.2) is 18.2 Å². The average Bonchev–Trinajstić information content (AvgIpc) is 2.65. The topological polar surface area (TPSA) is 23.6 Å². The molecule has 1 aliphatic heterocycles. The van der Waals surface area contributed by atoms with Crippen LogP contribution in [0.2, 0.25) is 5.02 Å². The van der Waals surface area contributed by atoms with Gasteiger partial charge in [-0.2, -0.15) is 0 Å². The fourth-order valence-electron chi connectivity index (χ4n) is 4.52. The molecule has 3 rings (SSSR count). The van der Waals surface area contributed by atoms with Crippen LogP contribution in [0.1, 0.15) is 56.9 Å². The van der Waals surface area contributed by atoms with Gasteiger partial charge in [0.1, 0.15) is 0 Å². The van der Waals surface area contributed by atoms with Crippen molar-refractivity contribution in [2.75, 3.05) is 24.5 Å². The fraction of sp³-hybridized carbons (Fsp3) is 0.667. The Morgan fingerprint density at radius 1 is 1.20 bits per heavy atom. The van der Waals surface area contributed by atoms with E-state index in [2.05, 4.69) is 22.8 Å². The molecule has 0 radical (unpaired) electrons. The van der Waals surface area contributed by atoms with Gasteiger partial charge in [0.15, 0.2) is 0 Å². The van der Waals surface area contributed by atoms with Crippen LogP contribution in [0.25, 0.3) is 0 Å². The molecule has 25 heavy (non-hydrogen) atoms.